The van der Waals surface area contributed by atoms with E-state index in [1.807, 2.05) is 12.1 Å². The zero-order valence-corrected chi connectivity index (χ0v) is 13.3. The molecule has 0 atom stereocenters. The van der Waals surface area contributed by atoms with Crippen LogP contribution in [0.3, 0.4) is 0 Å². The Morgan fingerprint density at radius 2 is 2.14 bits per heavy atom. The van der Waals surface area contributed by atoms with Crippen LogP contribution in [0.15, 0.2) is 27.8 Å². The molecule has 6 nitrogen and oxygen atoms in total. The third-order valence-corrected chi connectivity index (χ3v) is 2.79. The Kier molecular flexibility index (Phi) is 7.36. The SMILES string of the molecule is CC(C)CNC(=NCC(=O)N(C)C)NCCc1ccco1. The molecule has 1 amide bonds. The van der Waals surface area contributed by atoms with E-state index < -0.39 is 0 Å². The summed E-state index contributed by atoms with van der Waals surface area (Å²) in [6.07, 6.45) is 2.44. The Labute approximate surface area is 126 Å². The second-order valence-corrected chi connectivity index (χ2v) is 5.48. The van der Waals surface area contributed by atoms with E-state index in [0.717, 1.165) is 18.7 Å². The van der Waals surface area contributed by atoms with E-state index in [0.29, 0.717) is 18.4 Å². The largest absolute Gasteiger partial charge is 0.469 e. The standard InChI is InChI=1S/C15H26N4O2/c1-12(2)10-17-15(18-11-14(20)19(3)4)16-8-7-13-6-5-9-21-13/h5-6,9,12H,7-8,10-11H2,1-4H3,(H2,16,17,18). The lowest BCUT2D eigenvalue weighted by molar-refractivity contribution is -0.127. The number of rotatable bonds is 7. The summed E-state index contributed by atoms with van der Waals surface area (Å²) >= 11 is 0. The smallest absolute Gasteiger partial charge is 0.243 e. The average Bonchev–Trinajstić information content (AvgIpc) is 2.93. The van der Waals surface area contributed by atoms with E-state index in [4.69, 9.17) is 4.42 Å². The fourth-order valence-electron chi connectivity index (χ4n) is 1.52. The van der Waals surface area contributed by atoms with Gasteiger partial charge in [-0.3, -0.25) is 4.79 Å². The van der Waals surface area contributed by atoms with Gasteiger partial charge in [-0.15, -0.1) is 0 Å². The van der Waals surface area contributed by atoms with Crippen molar-refractivity contribution in [2.75, 3.05) is 33.7 Å². The van der Waals surface area contributed by atoms with E-state index in [-0.39, 0.29) is 12.5 Å². The molecule has 0 saturated carbocycles. The van der Waals surface area contributed by atoms with Gasteiger partial charge < -0.3 is 20.0 Å². The van der Waals surface area contributed by atoms with Crippen LogP contribution in [-0.2, 0) is 11.2 Å². The summed E-state index contributed by atoms with van der Waals surface area (Å²) in [6, 6.07) is 3.81. The molecule has 0 aliphatic rings. The zero-order valence-electron chi connectivity index (χ0n) is 13.3. The number of nitrogens with zero attached hydrogens (tertiary/aromatic N) is 2. The van der Waals surface area contributed by atoms with E-state index in [1.54, 1.807) is 20.4 Å². The molecule has 1 rings (SSSR count). The molecule has 0 aliphatic carbocycles. The predicted molar refractivity (Wildman–Crippen MR) is 84.3 cm³/mol. The number of furan rings is 1. The molecule has 2 N–H and O–H groups in total. The highest BCUT2D eigenvalue weighted by molar-refractivity contribution is 5.84. The molecule has 0 bridgehead atoms. The molecule has 0 fully saturated rings. The highest BCUT2D eigenvalue weighted by Crippen LogP contribution is 1.99. The minimum absolute atomic E-state index is 0.0216. The fourth-order valence-corrected chi connectivity index (χ4v) is 1.52. The van der Waals surface area contributed by atoms with Crippen molar-refractivity contribution >= 4 is 11.9 Å². The summed E-state index contributed by atoms with van der Waals surface area (Å²) in [7, 11) is 3.45. The number of hydrogen-bond acceptors (Lipinski definition) is 3. The maximum absolute atomic E-state index is 11.6. The molecule has 0 aliphatic heterocycles. The van der Waals surface area contributed by atoms with Gasteiger partial charge in [0.05, 0.1) is 6.26 Å². The Morgan fingerprint density at radius 1 is 1.38 bits per heavy atom. The first-order valence-corrected chi connectivity index (χ1v) is 7.23. The second kappa shape index (κ2) is 9.05. The molecule has 21 heavy (non-hydrogen) atoms. The van der Waals surface area contributed by atoms with Gasteiger partial charge in [-0.2, -0.15) is 0 Å². The van der Waals surface area contributed by atoms with Crippen molar-refractivity contribution < 1.29 is 9.21 Å². The molecule has 6 heteroatoms. The van der Waals surface area contributed by atoms with Crippen LogP contribution in [0.4, 0.5) is 0 Å². The second-order valence-electron chi connectivity index (χ2n) is 5.48. The van der Waals surface area contributed by atoms with Crippen molar-refractivity contribution in [2.45, 2.75) is 20.3 Å². The Bertz CT molecular complexity index is 439. The molecular weight excluding hydrogens is 268 g/mol. The van der Waals surface area contributed by atoms with Gasteiger partial charge >= 0.3 is 0 Å². The third-order valence-electron chi connectivity index (χ3n) is 2.79. The Hall–Kier alpha value is -1.98. The minimum atomic E-state index is -0.0216. The maximum Gasteiger partial charge on any atom is 0.243 e. The van der Waals surface area contributed by atoms with Gasteiger partial charge in [0, 0.05) is 33.6 Å². The van der Waals surface area contributed by atoms with Crippen molar-refractivity contribution in [2.24, 2.45) is 10.9 Å². The van der Waals surface area contributed by atoms with Gasteiger partial charge in [-0.25, -0.2) is 4.99 Å². The Balaban J connectivity index is 2.46. The highest BCUT2D eigenvalue weighted by Gasteiger charge is 2.05. The third kappa shape index (κ3) is 7.39. The monoisotopic (exact) mass is 294 g/mol. The van der Waals surface area contributed by atoms with Gasteiger partial charge in [-0.05, 0) is 18.1 Å². The van der Waals surface area contributed by atoms with Gasteiger partial charge in [0.15, 0.2) is 5.96 Å². The molecule has 0 spiro atoms. The molecule has 1 aromatic heterocycles. The summed E-state index contributed by atoms with van der Waals surface area (Å²) in [5, 5.41) is 6.45. The molecule has 0 radical (unpaired) electrons. The molecule has 118 valence electrons. The summed E-state index contributed by atoms with van der Waals surface area (Å²) in [5.74, 6) is 2.07. The first kappa shape index (κ1) is 17.1. The number of aliphatic imine (C=N–C) groups is 1. The van der Waals surface area contributed by atoms with E-state index in [1.165, 1.54) is 4.90 Å². The Morgan fingerprint density at radius 3 is 2.71 bits per heavy atom. The number of hydrogen-bond donors (Lipinski definition) is 2. The van der Waals surface area contributed by atoms with Crippen LogP contribution in [0.1, 0.15) is 19.6 Å². The van der Waals surface area contributed by atoms with Gasteiger partial charge in [0.1, 0.15) is 12.3 Å². The van der Waals surface area contributed by atoms with Crippen molar-refractivity contribution in [1.82, 2.24) is 15.5 Å². The van der Waals surface area contributed by atoms with Crippen LogP contribution < -0.4 is 10.6 Å². The van der Waals surface area contributed by atoms with Crippen molar-refractivity contribution in [1.29, 1.82) is 0 Å². The first-order chi connectivity index (χ1) is 9.99. The normalized spacial score (nSPS) is 11.6. The lowest BCUT2D eigenvalue weighted by Crippen LogP contribution is -2.41. The molecule has 1 heterocycles. The number of nitrogens with one attached hydrogen (secondary N) is 2. The number of likely N-dealkylation sites (N-methyl/N-ethyl adjacent to an activating group) is 1. The van der Waals surface area contributed by atoms with Crippen LogP contribution in [-0.4, -0.2) is 50.5 Å². The summed E-state index contributed by atoms with van der Waals surface area (Å²) in [6.45, 7) is 5.90. The van der Waals surface area contributed by atoms with Crippen LogP contribution in [0.2, 0.25) is 0 Å². The van der Waals surface area contributed by atoms with Crippen LogP contribution in [0, 0.1) is 5.92 Å². The van der Waals surface area contributed by atoms with Crippen LogP contribution >= 0.6 is 0 Å². The van der Waals surface area contributed by atoms with Crippen molar-refractivity contribution in [3.8, 4) is 0 Å². The van der Waals surface area contributed by atoms with E-state index in [2.05, 4.69) is 29.5 Å². The number of guanidine groups is 1. The molecule has 1 aromatic rings. The van der Waals surface area contributed by atoms with E-state index in [9.17, 15) is 4.79 Å². The van der Waals surface area contributed by atoms with Crippen LogP contribution in [0.25, 0.3) is 0 Å². The fraction of sp³-hybridized carbons (Fsp3) is 0.600. The van der Waals surface area contributed by atoms with Crippen molar-refractivity contribution in [3.63, 3.8) is 0 Å². The van der Waals surface area contributed by atoms with Gasteiger partial charge in [-0.1, -0.05) is 13.8 Å². The number of amides is 1. The molecule has 0 unspecified atom stereocenters. The highest BCUT2D eigenvalue weighted by atomic mass is 16.3. The lowest BCUT2D eigenvalue weighted by Gasteiger charge is -2.14. The zero-order chi connectivity index (χ0) is 15.7. The predicted octanol–water partition coefficient (Wildman–Crippen LogP) is 1.10. The molecule has 0 aromatic carbocycles. The first-order valence-electron chi connectivity index (χ1n) is 7.23. The summed E-state index contributed by atoms with van der Waals surface area (Å²) < 4.78 is 5.28. The minimum Gasteiger partial charge on any atom is -0.469 e. The topological polar surface area (TPSA) is 69.9 Å². The maximum atomic E-state index is 11.6. The van der Waals surface area contributed by atoms with E-state index >= 15 is 0 Å². The van der Waals surface area contributed by atoms with Gasteiger partial charge in [0.25, 0.3) is 0 Å². The number of carbonyl (C=O) groups is 1. The quantitative estimate of drug-likeness (QED) is 0.584. The van der Waals surface area contributed by atoms with Gasteiger partial charge in [0.2, 0.25) is 5.91 Å². The summed E-state index contributed by atoms with van der Waals surface area (Å²) in [5.41, 5.74) is 0. The summed E-state index contributed by atoms with van der Waals surface area (Å²) in [4.78, 5) is 17.4. The molecule has 0 saturated heterocycles. The van der Waals surface area contributed by atoms with Crippen molar-refractivity contribution in [3.05, 3.63) is 24.2 Å². The lowest BCUT2D eigenvalue weighted by atomic mass is 10.2. The number of carbonyl (C=O) groups excluding carboxylic acids is 1. The molecular formula is C15H26N4O2. The average molecular weight is 294 g/mol. The van der Waals surface area contributed by atoms with Crippen LogP contribution in [0.5, 0.6) is 0 Å².